The van der Waals surface area contributed by atoms with Gasteiger partial charge in [-0.25, -0.2) is 19.3 Å². The van der Waals surface area contributed by atoms with Gasteiger partial charge < -0.3 is 4.57 Å². The molecule has 0 N–H and O–H groups in total. The summed E-state index contributed by atoms with van der Waals surface area (Å²) in [7, 11) is 0. The molecule has 5 nitrogen and oxygen atoms in total. The Morgan fingerprint density at radius 2 is 1.77 bits per heavy atom. The Labute approximate surface area is 200 Å². The first-order valence-electron chi connectivity index (χ1n) is 11.4. The van der Waals surface area contributed by atoms with Gasteiger partial charge in [-0.1, -0.05) is 18.2 Å². The van der Waals surface area contributed by atoms with E-state index < -0.39 is 17.8 Å². The molecule has 4 heterocycles. The van der Waals surface area contributed by atoms with E-state index >= 15 is 0 Å². The highest BCUT2D eigenvalue weighted by Gasteiger charge is 2.36. The minimum absolute atomic E-state index is 0.184. The number of piperidine rings is 1. The molecule has 180 valence electrons. The third-order valence-corrected chi connectivity index (χ3v) is 6.30. The van der Waals surface area contributed by atoms with Gasteiger partial charge in [0.1, 0.15) is 11.6 Å². The van der Waals surface area contributed by atoms with Crippen molar-refractivity contribution in [2.75, 3.05) is 13.1 Å². The first kappa shape index (κ1) is 23.2. The number of hydrogen-bond donors (Lipinski definition) is 0. The fourth-order valence-electron chi connectivity index (χ4n) is 4.58. The van der Waals surface area contributed by atoms with Crippen LogP contribution >= 0.6 is 0 Å². The maximum Gasteiger partial charge on any atom is 0.451 e. The Balaban J connectivity index is 1.36. The summed E-state index contributed by atoms with van der Waals surface area (Å²) >= 11 is 0. The van der Waals surface area contributed by atoms with Crippen molar-refractivity contribution >= 4 is 0 Å². The van der Waals surface area contributed by atoms with E-state index in [-0.39, 0.29) is 5.92 Å². The van der Waals surface area contributed by atoms with Gasteiger partial charge >= 0.3 is 6.18 Å². The van der Waals surface area contributed by atoms with Gasteiger partial charge in [0.15, 0.2) is 0 Å². The average Bonchev–Trinajstić information content (AvgIpc) is 3.32. The lowest BCUT2D eigenvalue weighted by molar-refractivity contribution is -0.145. The molecule has 1 saturated heterocycles. The summed E-state index contributed by atoms with van der Waals surface area (Å²) in [6.07, 6.45) is 1.52. The molecular weight excluding hydrogens is 458 g/mol. The fraction of sp³-hybridized carbons (Fsp3) is 0.269. The first-order valence-corrected chi connectivity index (χ1v) is 11.4. The van der Waals surface area contributed by atoms with E-state index in [0.29, 0.717) is 49.3 Å². The fourth-order valence-corrected chi connectivity index (χ4v) is 4.58. The topological polar surface area (TPSA) is 46.8 Å². The summed E-state index contributed by atoms with van der Waals surface area (Å²) in [4.78, 5) is 14.2. The Bertz CT molecular complexity index is 1290. The molecule has 0 atom stereocenters. The number of nitrogens with zero attached hydrogens (tertiary/aromatic N) is 5. The third kappa shape index (κ3) is 5.09. The van der Waals surface area contributed by atoms with Crippen LogP contribution in [0.3, 0.4) is 0 Å². The van der Waals surface area contributed by atoms with Crippen molar-refractivity contribution in [3.05, 3.63) is 96.2 Å². The molecule has 1 aliphatic rings. The monoisotopic (exact) mass is 481 g/mol. The maximum atomic E-state index is 13.8. The van der Waals surface area contributed by atoms with Gasteiger partial charge in [-0.05, 0) is 67.9 Å². The third-order valence-electron chi connectivity index (χ3n) is 6.30. The van der Waals surface area contributed by atoms with Crippen molar-refractivity contribution in [3.63, 3.8) is 0 Å². The molecular formula is C26H23F4N5. The Morgan fingerprint density at radius 1 is 0.943 bits per heavy atom. The predicted octanol–water partition coefficient (Wildman–Crippen LogP) is 5.87. The summed E-state index contributed by atoms with van der Waals surface area (Å²) in [6, 6.07) is 15.6. The van der Waals surface area contributed by atoms with Crippen LogP contribution in [0.2, 0.25) is 0 Å². The molecule has 0 radical (unpaired) electrons. The highest BCUT2D eigenvalue weighted by Crippen LogP contribution is 2.36. The molecule has 0 bridgehead atoms. The van der Waals surface area contributed by atoms with Crippen LogP contribution in [-0.2, 0) is 12.7 Å². The zero-order valence-electron chi connectivity index (χ0n) is 18.8. The van der Waals surface area contributed by atoms with Crippen LogP contribution in [-0.4, -0.2) is 37.5 Å². The van der Waals surface area contributed by atoms with Crippen LogP contribution in [0.15, 0.2) is 73.2 Å². The lowest BCUT2D eigenvalue weighted by Gasteiger charge is -2.32. The van der Waals surface area contributed by atoms with E-state index in [1.807, 2.05) is 41.1 Å². The van der Waals surface area contributed by atoms with Gasteiger partial charge in [-0.2, -0.15) is 13.2 Å². The Morgan fingerprint density at radius 3 is 2.49 bits per heavy atom. The van der Waals surface area contributed by atoms with Crippen molar-refractivity contribution in [3.8, 4) is 16.9 Å². The van der Waals surface area contributed by atoms with Crippen LogP contribution in [0.25, 0.3) is 16.9 Å². The number of aromatic nitrogens is 4. The largest absolute Gasteiger partial charge is 0.451 e. The van der Waals surface area contributed by atoms with Crippen molar-refractivity contribution in [1.29, 1.82) is 0 Å². The average molecular weight is 481 g/mol. The predicted molar refractivity (Wildman–Crippen MR) is 123 cm³/mol. The quantitative estimate of drug-likeness (QED) is 0.335. The first-order chi connectivity index (χ1) is 16.9. The van der Waals surface area contributed by atoms with E-state index in [1.165, 1.54) is 24.4 Å². The maximum absolute atomic E-state index is 13.8. The van der Waals surface area contributed by atoms with Gasteiger partial charge in [0.05, 0.1) is 5.69 Å². The normalized spacial score (nSPS) is 15.4. The van der Waals surface area contributed by atoms with E-state index in [4.69, 9.17) is 0 Å². The van der Waals surface area contributed by atoms with Crippen LogP contribution in [0, 0.1) is 5.82 Å². The van der Waals surface area contributed by atoms with Crippen LogP contribution in [0.5, 0.6) is 0 Å². The van der Waals surface area contributed by atoms with Crippen LogP contribution < -0.4 is 0 Å². The van der Waals surface area contributed by atoms with E-state index in [9.17, 15) is 17.6 Å². The zero-order valence-corrected chi connectivity index (χ0v) is 18.8. The smallest absolute Gasteiger partial charge is 0.304 e. The summed E-state index contributed by atoms with van der Waals surface area (Å²) in [6.45, 7) is 2.10. The number of likely N-dealkylation sites (tertiary alicyclic amines) is 1. The second kappa shape index (κ2) is 9.58. The van der Waals surface area contributed by atoms with Gasteiger partial charge in [-0.15, -0.1) is 0 Å². The molecule has 0 aliphatic carbocycles. The number of halogens is 4. The summed E-state index contributed by atoms with van der Waals surface area (Å²) in [5.41, 5.74) is 2.34. The molecule has 0 amide bonds. The standard InChI is InChI=1S/C26H23F4N5/c27-20-6-3-5-19(15-20)22-16-32-25(26(28,29)30)33-24(22)18-9-13-34(14-10-18)17-21-7-4-12-35(21)23-8-1-2-11-31-23/h1-8,11-12,15-16,18H,9-10,13-14,17H2. The molecule has 4 aromatic rings. The molecule has 35 heavy (non-hydrogen) atoms. The van der Waals surface area contributed by atoms with Crippen molar-refractivity contribution in [1.82, 2.24) is 24.4 Å². The lowest BCUT2D eigenvalue weighted by Crippen LogP contribution is -2.33. The molecule has 0 unspecified atom stereocenters. The number of hydrogen-bond acceptors (Lipinski definition) is 4. The molecule has 1 fully saturated rings. The highest BCUT2D eigenvalue weighted by atomic mass is 19.4. The van der Waals surface area contributed by atoms with Crippen molar-refractivity contribution in [2.24, 2.45) is 0 Å². The Hall–Kier alpha value is -3.59. The SMILES string of the molecule is Fc1cccc(-c2cnc(C(F)(F)F)nc2C2CCN(Cc3cccn3-c3ccccn3)CC2)c1. The minimum Gasteiger partial charge on any atom is -0.304 e. The van der Waals surface area contributed by atoms with Gasteiger partial charge in [0.25, 0.3) is 0 Å². The number of pyridine rings is 1. The summed E-state index contributed by atoms with van der Waals surface area (Å²) in [5, 5.41) is 0. The number of alkyl halides is 3. The molecule has 5 rings (SSSR count). The Kier molecular flexibility index (Phi) is 6.34. The second-order valence-corrected chi connectivity index (χ2v) is 8.61. The second-order valence-electron chi connectivity index (χ2n) is 8.61. The van der Waals surface area contributed by atoms with Crippen LogP contribution in [0.1, 0.15) is 36.0 Å². The number of benzene rings is 1. The number of rotatable bonds is 5. The summed E-state index contributed by atoms with van der Waals surface area (Å²) in [5.74, 6) is -0.971. The van der Waals surface area contributed by atoms with E-state index in [1.54, 1.807) is 12.3 Å². The van der Waals surface area contributed by atoms with Gasteiger partial charge in [-0.3, -0.25) is 4.90 Å². The minimum atomic E-state index is -4.65. The molecule has 0 saturated carbocycles. The molecule has 9 heteroatoms. The van der Waals surface area contributed by atoms with Crippen LogP contribution in [0.4, 0.5) is 17.6 Å². The lowest BCUT2D eigenvalue weighted by atomic mass is 9.88. The van der Waals surface area contributed by atoms with Gasteiger partial charge in [0, 0.05) is 42.3 Å². The van der Waals surface area contributed by atoms with Crippen molar-refractivity contribution in [2.45, 2.75) is 31.5 Å². The molecule has 0 spiro atoms. The molecule has 3 aromatic heterocycles. The van der Waals surface area contributed by atoms with Gasteiger partial charge in [0.2, 0.25) is 5.82 Å². The molecule has 1 aromatic carbocycles. The highest BCUT2D eigenvalue weighted by molar-refractivity contribution is 5.65. The van der Waals surface area contributed by atoms with E-state index in [2.05, 4.69) is 19.9 Å². The molecule has 1 aliphatic heterocycles. The van der Waals surface area contributed by atoms with Crippen molar-refractivity contribution < 1.29 is 17.6 Å². The summed E-state index contributed by atoms with van der Waals surface area (Å²) < 4.78 is 56.0. The van der Waals surface area contributed by atoms with E-state index in [0.717, 1.165) is 11.5 Å². The zero-order chi connectivity index (χ0) is 24.4.